The van der Waals surface area contributed by atoms with Gasteiger partial charge in [0, 0.05) is 13.0 Å². The van der Waals surface area contributed by atoms with Crippen molar-refractivity contribution >= 4 is 11.9 Å². The van der Waals surface area contributed by atoms with Crippen molar-refractivity contribution in [2.45, 2.75) is 52.2 Å². The van der Waals surface area contributed by atoms with E-state index in [1.54, 1.807) is 0 Å². The van der Waals surface area contributed by atoms with E-state index in [-0.39, 0.29) is 17.9 Å². The van der Waals surface area contributed by atoms with Gasteiger partial charge < -0.3 is 4.74 Å². The molecule has 4 heteroatoms. The molecule has 0 aromatic heterocycles. The molecule has 1 aliphatic heterocycles. The Morgan fingerprint density at radius 2 is 2.00 bits per heavy atom. The minimum absolute atomic E-state index is 0.118. The molecule has 0 aromatic carbocycles. The molecular weight excluding hydrogens is 194 g/mol. The second-order valence-electron chi connectivity index (χ2n) is 4.80. The van der Waals surface area contributed by atoms with Gasteiger partial charge in [0.2, 0.25) is 0 Å². The van der Waals surface area contributed by atoms with E-state index in [1.807, 2.05) is 27.7 Å². The molecule has 1 aliphatic rings. The Bertz CT molecular complexity index is 267. The van der Waals surface area contributed by atoms with Crippen LogP contribution in [0.5, 0.6) is 0 Å². The average Bonchev–Trinajstić information content (AvgIpc) is 1.97. The monoisotopic (exact) mass is 213 g/mol. The lowest BCUT2D eigenvalue weighted by molar-refractivity contribution is -0.128. The van der Waals surface area contributed by atoms with E-state index in [1.165, 1.54) is 4.90 Å². The predicted octanol–water partition coefficient (Wildman–Crippen LogP) is 1.97. The van der Waals surface area contributed by atoms with Gasteiger partial charge in [-0.25, -0.2) is 4.79 Å². The highest BCUT2D eigenvalue weighted by Gasteiger charge is 2.38. The van der Waals surface area contributed by atoms with Crippen LogP contribution in [0.3, 0.4) is 0 Å². The zero-order chi connectivity index (χ0) is 11.6. The van der Waals surface area contributed by atoms with Gasteiger partial charge in [0.05, 0.1) is 6.04 Å². The van der Waals surface area contributed by atoms with E-state index >= 15 is 0 Å². The summed E-state index contributed by atoms with van der Waals surface area (Å²) in [6, 6.07) is -0.246. The van der Waals surface area contributed by atoms with Crippen LogP contribution >= 0.6 is 0 Å². The van der Waals surface area contributed by atoms with Crippen LogP contribution in [0.25, 0.3) is 0 Å². The Labute approximate surface area is 90.6 Å². The van der Waals surface area contributed by atoms with Crippen LogP contribution in [0.4, 0.5) is 4.79 Å². The Kier molecular flexibility index (Phi) is 3.37. The molecule has 1 rings (SSSR count). The summed E-state index contributed by atoms with van der Waals surface area (Å²) in [5.74, 6) is 0.118. The number of carbonyl (C=O) groups excluding carboxylic acids is 2. The fourth-order valence-corrected chi connectivity index (χ4v) is 1.50. The highest BCUT2D eigenvalue weighted by atomic mass is 16.6. The molecule has 0 spiro atoms. The number of rotatable bonds is 2. The first-order valence-corrected chi connectivity index (χ1v) is 5.37. The molecule has 4 nitrogen and oxygen atoms in total. The number of hydrogen-bond donors (Lipinski definition) is 0. The maximum absolute atomic E-state index is 11.6. The average molecular weight is 213 g/mol. The minimum atomic E-state index is -0.494. The number of carbonyl (C=O) groups is 2. The van der Waals surface area contributed by atoms with E-state index in [0.29, 0.717) is 13.0 Å². The lowest BCUT2D eigenvalue weighted by atomic mass is 9.98. The maximum atomic E-state index is 11.6. The van der Waals surface area contributed by atoms with Crippen molar-refractivity contribution < 1.29 is 14.3 Å². The smallest absolute Gasteiger partial charge is 0.410 e. The van der Waals surface area contributed by atoms with Gasteiger partial charge in [-0.2, -0.15) is 0 Å². The molecule has 86 valence electrons. The summed E-state index contributed by atoms with van der Waals surface area (Å²) in [7, 11) is 0. The van der Waals surface area contributed by atoms with E-state index in [0.717, 1.165) is 6.42 Å². The predicted molar refractivity (Wildman–Crippen MR) is 56.6 cm³/mol. The van der Waals surface area contributed by atoms with E-state index < -0.39 is 5.60 Å². The Morgan fingerprint density at radius 3 is 2.33 bits per heavy atom. The van der Waals surface area contributed by atoms with Crippen LogP contribution in [0.1, 0.15) is 40.5 Å². The van der Waals surface area contributed by atoms with Gasteiger partial charge in [0.1, 0.15) is 5.60 Å². The van der Waals surface area contributed by atoms with Crippen LogP contribution in [0.15, 0.2) is 0 Å². The third-order valence-electron chi connectivity index (χ3n) is 2.37. The van der Waals surface area contributed by atoms with Gasteiger partial charge >= 0.3 is 6.09 Å². The second-order valence-corrected chi connectivity index (χ2v) is 4.80. The van der Waals surface area contributed by atoms with E-state index in [9.17, 15) is 9.59 Å². The molecule has 0 saturated carbocycles. The number of ketones is 1. The molecule has 0 aliphatic carbocycles. The second kappa shape index (κ2) is 4.21. The molecule has 0 bridgehead atoms. The van der Waals surface area contributed by atoms with Gasteiger partial charge in [-0.15, -0.1) is 0 Å². The van der Waals surface area contributed by atoms with Crippen molar-refractivity contribution in [3.63, 3.8) is 0 Å². The van der Waals surface area contributed by atoms with Crippen molar-refractivity contribution in [1.29, 1.82) is 0 Å². The summed E-state index contributed by atoms with van der Waals surface area (Å²) < 4.78 is 5.20. The van der Waals surface area contributed by atoms with Gasteiger partial charge in [-0.1, -0.05) is 6.92 Å². The van der Waals surface area contributed by atoms with Crippen molar-refractivity contribution in [2.75, 3.05) is 6.54 Å². The molecule has 1 unspecified atom stereocenters. The number of nitrogens with zero attached hydrogens (tertiary/aromatic N) is 1. The summed E-state index contributed by atoms with van der Waals surface area (Å²) in [6.07, 6.45) is 0.871. The summed E-state index contributed by atoms with van der Waals surface area (Å²) in [5.41, 5.74) is -0.494. The van der Waals surface area contributed by atoms with E-state index in [2.05, 4.69) is 0 Å². The fourth-order valence-electron chi connectivity index (χ4n) is 1.50. The Morgan fingerprint density at radius 1 is 1.40 bits per heavy atom. The zero-order valence-corrected chi connectivity index (χ0v) is 9.87. The van der Waals surface area contributed by atoms with Crippen LogP contribution < -0.4 is 0 Å². The summed E-state index contributed by atoms with van der Waals surface area (Å²) in [6.45, 7) is 7.91. The maximum Gasteiger partial charge on any atom is 0.410 e. The first-order valence-electron chi connectivity index (χ1n) is 5.37. The lowest BCUT2D eigenvalue weighted by Crippen LogP contribution is -2.56. The van der Waals surface area contributed by atoms with Crippen LogP contribution in [-0.2, 0) is 9.53 Å². The summed E-state index contributed by atoms with van der Waals surface area (Å²) >= 11 is 0. The molecule has 15 heavy (non-hydrogen) atoms. The first-order chi connectivity index (χ1) is 6.85. The third kappa shape index (κ3) is 2.94. The molecule has 1 saturated heterocycles. The van der Waals surface area contributed by atoms with Crippen LogP contribution in [0, 0.1) is 0 Å². The number of hydrogen-bond acceptors (Lipinski definition) is 3. The first kappa shape index (κ1) is 12.0. The molecule has 0 radical (unpaired) electrons. The number of ether oxygens (including phenoxy) is 1. The van der Waals surface area contributed by atoms with Gasteiger partial charge in [0.25, 0.3) is 0 Å². The normalized spacial score (nSPS) is 20.8. The topological polar surface area (TPSA) is 46.6 Å². The fraction of sp³-hybridized carbons (Fsp3) is 0.818. The molecule has 1 amide bonds. The number of Topliss-reactive ketones (excluding diaryl/α,β-unsaturated/α-hetero) is 1. The quantitative estimate of drug-likeness (QED) is 0.704. The van der Waals surface area contributed by atoms with Crippen LogP contribution in [0.2, 0.25) is 0 Å². The van der Waals surface area contributed by atoms with Gasteiger partial charge in [-0.05, 0) is 27.2 Å². The summed E-state index contributed by atoms with van der Waals surface area (Å²) in [4.78, 5) is 24.6. The van der Waals surface area contributed by atoms with E-state index in [4.69, 9.17) is 4.74 Å². The van der Waals surface area contributed by atoms with Crippen molar-refractivity contribution in [1.82, 2.24) is 4.90 Å². The SMILES string of the molecule is CCC(=O)C1CCN1C(=O)OC(C)(C)C. The highest BCUT2D eigenvalue weighted by molar-refractivity contribution is 5.88. The van der Waals surface area contributed by atoms with Crippen molar-refractivity contribution in [3.05, 3.63) is 0 Å². The Hall–Kier alpha value is -1.06. The highest BCUT2D eigenvalue weighted by Crippen LogP contribution is 2.22. The molecule has 0 aromatic rings. The lowest BCUT2D eigenvalue weighted by Gasteiger charge is -2.40. The summed E-state index contributed by atoms with van der Waals surface area (Å²) in [5, 5.41) is 0. The number of likely N-dealkylation sites (tertiary alicyclic amines) is 1. The number of amides is 1. The molecular formula is C11H19NO3. The standard InChI is InChI=1S/C11H19NO3/c1-5-9(13)8-6-7-12(8)10(14)15-11(2,3)4/h8H,5-7H2,1-4H3. The van der Waals surface area contributed by atoms with Gasteiger partial charge in [-0.3, -0.25) is 9.69 Å². The molecule has 1 heterocycles. The van der Waals surface area contributed by atoms with Crippen LogP contribution in [-0.4, -0.2) is 35.0 Å². The molecule has 1 fully saturated rings. The largest absolute Gasteiger partial charge is 0.444 e. The molecule has 0 N–H and O–H groups in total. The zero-order valence-electron chi connectivity index (χ0n) is 9.87. The Balaban J connectivity index is 2.51. The van der Waals surface area contributed by atoms with Crippen molar-refractivity contribution in [2.24, 2.45) is 0 Å². The van der Waals surface area contributed by atoms with Gasteiger partial charge in [0.15, 0.2) is 5.78 Å². The minimum Gasteiger partial charge on any atom is -0.444 e. The third-order valence-corrected chi connectivity index (χ3v) is 2.37. The molecule has 1 atom stereocenters. The van der Waals surface area contributed by atoms with Crippen molar-refractivity contribution in [3.8, 4) is 0 Å².